The summed E-state index contributed by atoms with van der Waals surface area (Å²) in [6, 6.07) is 1.97. The average Bonchev–Trinajstić information content (AvgIpc) is 2.39. The fourth-order valence-corrected chi connectivity index (χ4v) is 1.13. The van der Waals surface area contributed by atoms with Gasteiger partial charge in [-0.2, -0.15) is 5.26 Å². The predicted molar refractivity (Wildman–Crippen MR) is 42.6 cm³/mol. The Morgan fingerprint density at radius 2 is 2.55 bits per heavy atom. The van der Waals surface area contributed by atoms with Crippen molar-refractivity contribution in [1.29, 1.82) is 5.26 Å². The van der Waals surface area contributed by atoms with Crippen LogP contribution in [0.4, 0.5) is 0 Å². The molecule has 0 unspecified atom stereocenters. The molecule has 11 heavy (non-hydrogen) atoms. The fourth-order valence-electron chi connectivity index (χ4n) is 1.13. The standard InChI is InChI=1S/C9H11NO/c1-2-3-8-5-7-11-9(8)4-6-10/h3-4H,2,5,7H2,1H3/b8-3+,9-4-. The first-order valence-electron chi connectivity index (χ1n) is 3.80. The van der Waals surface area contributed by atoms with Gasteiger partial charge in [-0.25, -0.2) is 0 Å². The molecule has 2 nitrogen and oxygen atoms in total. The van der Waals surface area contributed by atoms with Crippen molar-refractivity contribution in [1.82, 2.24) is 0 Å². The molecule has 0 bridgehead atoms. The van der Waals surface area contributed by atoms with Crippen LogP contribution in [0.1, 0.15) is 19.8 Å². The SMILES string of the molecule is CC/C=C1\CCO\C1=C/C#N. The highest BCUT2D eigenvalue weighted by Crippen LogP contribution is 2.23. The molecule has 1 saturated heterocycles. The lowest BCUT2D eigenvalue weighted by molar-refractivity contribution is 0.266. The van der Waals surface area contributed by atoms with Crippen LogP contribution in [-0.4, -0.2) is 6.61 Å². The Bertz CT molecular complexity index is 232. The van der Waals surface area contributed by atoms with Gasteiger partial charge >= 0.3 is 0 Å². The van der Waals surface area contributed by atoms with E-state index in [0.29, 0.717) is 0 Å². The van der Waals surface area contributed by atoms with Crippen LogP contribution < -0.4 is 0 Å². The van der Waals surface area contributed by atoms with Crippen LogP contribution in [0.25, 0.3) is 0 Å². The highest BCUT2D eigenvalue weighted by Gasteiger charge is 2.13. The molecule has 1 aliphatic rings. The predicted octanol–water partition coefficient (Wildman–Crippen LogP) is 2.15. The number of hydrogen-bond acceptors (Lipinski definition) is 2. The van der Waals surface area contributed by atoms with Gasteiger partial charge in [0.25, 0.3) is 0 Å². The van der Waals surface area contributed by atoms with Crippen molar-refractivity contribution in [3.8, 4) is 6.07 Å². The van der Waals surface area contributed by atoms with Crippen molar-refractivity contribution >= 4 is 0 Å². The molecule has 0 aromatic rings. The number of nitriles is 1. The second-order valence-corrected chi connectivity index (χ2v) is 2.37. The van der Waals surface area contributed by atoms with E-state index in [9.17, 15) is 0 Å². The third kappa shape index (κ3) is 1.84. The van der Waals surface area contributed by atoms with E-state index >= 15 is 0 Å². The summed E-state index contributed by atoms with van der Waals surface area (Å²) in [5.74, 6) is 0.759. The molecule has 0 aliphatic carbocycles. The average molecular weight is 149 g/mol. The van der Waals surface area contributed by atoms with Crippen LogP contribution >= 0.6 is 0 Å². The summed E-state index contributed by atoms with van der Waals surface area (Å²) >= 11 is 0. The molecular weight excluding hydrogens is 138 g/mol. The molecule has 0 radical (unpaired) electrons. The maximum absolute atomic E-state index is 8.38. The van der Waals surface area contributed by atoms with E-state index in [1.54, 1.807) is 0 Å². The highest BCUT2D eigenvalue weighted by molar-refractivity contribution is 5.32. The third-order valence-corrected chi connectivity index (χ3v) is 1.59. The number of nitrogens with zero attached hydrogens (tertiary/aromatic N) is 1. The normalized spacial score (nSPS) is 23.6. The van der Waals surface area contributed by atoms with E-state index in [1.165, 1.54) is 11.6 Å². The Morgan fingerprint density at radius 1 is 1.73 bits per heavy atom. The minimum atomic E-state index is 0.722. The molecule has 1 rings (SSSR count). The van der Waals surface area contributed by atoms with Gasteiger partial charge in [-0.1, -0.05) is 13.0 Å². The van der Waals surface area contributed by atoms with Gasteiger partial charge in [-0.05, 0) is 12.0 Å². The quantitative estimate of drug-likeness (QED) is 0.535. The molecular formula is C9H11NO. The first-order valence-corrected chi connectivity index (χ1v) is 3.80. The molecule has 0 spiro atoms. The van der Waals surface area contributed by atoms with E-state index in [4.69, 9.17) is 10.00 Å². The molecule has 1 aliphatic heterocycles. The van der Waals surface area contributed by atoms with Gasteiger partial charge in [0.05, 0.1) is 18.8 Å². The first kappa shape index (κ1) is 7.87. The molecule has 0 N–H and O–H groups in total. The minimum Gasteiger partial charge on any atom is -0.492 e. The van der Waals surface area contributed by atoms with Crippen LogP contribution in [0, 0.1) is 11.3 Å². The zero-order valence-corrected chi connectivity index (χ0v) is 6.63. The maximum Gasteiger partial charge on any atom is 0.132 e. The lowest BCUT2D eigenvalue weighted by Gasteiger charge is -1.95. The summed E-state index contributed by atoms with van der Waals surface area (Å²) in [5.41, 5.74) is 1.18. The second-order valence-electron chi connectivity index (χ2n) is 2.37. The number of ether oxygens (including phenoxy) is 1. The Morgan fingerprint density at radius 3 is 3.18 bits per heavy atom. The van der Waals surface area contributed by atoms with E-state index in [2.05, 4.69) is 13.0 Å². The maximum atomic E-state index is 8.38. The molecule has 0 amide bonds. The summed E-state index contributed by atoms with van der Waals surface area (Å²) in [5, 5.41) is 8.38. The topological polar surface area (TPSA) is 33.0 Å². The Hall–Kier alpha value is -1.23. The van der Waals surface area contributed by atoms with Crippen molar-refractivity contribution in [3.05, 3.63) is 23.5 Å². The summed E-state index contributed by atoms with van der Waals surface area (Å²) in [4.78, 5) is 0. The molecule has 0 atom stereocenters. The van der Waals surface area contributed by atoms with E-state index < -0.39 is 0 Å². The number of hydrogen-bond donors (Lipinski definition) is 0. The van der Waals surface area contributed by atoms with Crippen molar-refractivity contribution < 1.29 is 4.74 Å². The fraction of sp³-hybridized carbons (Fsp3) is 0.444. The van der Waals surface area contributed by atoms with Gasteiger partial charge in [0.1, 0.15) is 5.76 Å². The molecule has 1 heterocycles. The van der Waals surface area contributed by atoms with Crippen LogP contribution in [0.15, 0.2) is 23.5 Å². The number of rotatable bonds is 1. The summed E-state index contributed by atoms with van der Waals surface area (Å²) < 4.78 is 5.23. The molecule has 2 heteroatoms. The Kier molecular flexibility index (Phi) is 2.74. The number of allylic oxidation sites excluding steroid dienone is 3. The van der Waals surface area contributed by atoms with Crippen LogP contribution in [0.3, 0.4) is 0 Å². The first-order chi connectivity index (χ1) is 5.38. The second kappa shape index (κ2) is 3.82. The Balaban J connectivity index is 2.75. The van der Waals surface area contributed by atoms with Crippen molar-refractivity contribution in [3.63, 3.8) is 0 Å². The van der Waals surface area contributed by atoms with Crippen LogP contribution in [0.5, 0.6) is 0 Å². The van der Waals surface area contributed by atoms with E-state index in [-0.39, 0.29) is 0 Å². The summed E-state index contributed by atoms with van der Waals surface area (Å²) in [7, 11) is 0. The molecule has 0 saturated carbocycles. The highest BCUT2D eigenvalue weighted by atomic mass is 16.5. The largest absolute Gasteiger partial charge is 0.492 e. The van der Waals surface area contributed by atoms with Gasteiger partial charge in [-0.3, -0.25) is 0 Å². The molecule has 1 fully saturated rings. The van der Waals surface area contributed by atoms with Gasteiger partial charge in [0.2, 0.25) is 0 Å². The summed E-state index contributed by atoms with van der Waals surface area (Å²) in [6.07, 6.45) is 5.52. The zero-order chi connectivity index (χ0) is 8.10. The van der Waals surface area contributed by atoms with Crippen LogP contribution in [-0.2, 0) is 4.74 Å². The van der Waals surface area contributed by atoms with Gasteiger partial charge < -0.3 is 4.74 Å². The van der Waals surface area contributed by atoms with Crippen molar-refractivity contribution in [2.75, 3.05) is 6.61 Å². The van der Waals surface area contributed by atoms with Crippen molar-refractivity contribution in [2.45, 2.75) is 19.8 Å². The lowest BCUT2D eigenvalue weighted by Crippen LogP contribution is -1.79. The van der Waals surface area contributed by atoms with E-state index in [0.717, 1.165) is 25.2 Å². The Labute approximate surface area is 66.8 Å². The van der Waals surface area contributed by atoms with Gasteiger partial charge in [0, 0.05) is 6.42 Å². The minimum absolute atomic E-state index is 0.722. The van der Waals surface area contributed by atoms with Gasteiger partial charge in [0.15, 0.2) is 0 Å². The third-order valence-electron chi connectivity index (χ3n) is 1.59. The monoisotopic (exact) mass is 149 g/mol. The zero-order valence-electron chi connectivity index (χ0n) is 6.63. The lowest BCUT2D eigenvalue weighted by atomic mass is 10.1. The summed E-state index contributed by atoms with van der Waals surface area (Å²) in [6.45, 7) is 2.80. The smallest absolute Gasteiger partial charge is 0.132 e. The van der Waals surface area contributed by atoms with Crippen molar-refractivity contribution in [2.24, 2.45) is 0 Å². The molecule has 58 valence electrons. The van der Waals surface area contributed by atoms with Gasteiger partial charge in [-0.15, -0.1) is 0 Å². The van der Waals surface area contributed by atoms with Crippen LogP contribution in [0.2, 0.25) is 0 Å². The molecule has 0 aromatic heterocycles. The van der Waals surface area contributed by atoms with E-state index in [1.807, 2.05) is 6.07 Å². The molecule has 0 aromatic carbocycles.